The highest BCUT2D eigenvalue weighted by Crippen LogP contribution is 2.37. The maximum absolute atomic E-state index is 8.91. The number of hydrogen-bond donors (Lipinski definition) is 0. The molecule has 19 heavy (non-hydrogen) atoms. The zero-order valence-corrected chi connectivity index (χ0v) is 11.9. The topological polar surface area (TPSA) is 45.5 Å². The Kier molecular flexibility index (Phi) is 4.52. The molecule has 1 aromatic carbocycles. The van der Waals surface area contributed by atoms with Gasteiger partial charge >= 0.3 is 0 Å². The normalized spacial score (nSPS) is 16.9. The molecule has 1 fully saturated rings. The Hall–Kier alpha value is -1.44. The van der Waals surface area contributed by atoms with Crippen molar-refractivity contribution in [2.75, 3.05) is 27.2 Å². The van der Waals surface area contributed by atoms with E-state index in [1.165, 1.54) is 0 Å². The molecule has 1 aliphatic rings. The Bertz CT molecular complexity index is 491. The van der Waals surface area contributed by atoms with Gasteiger partial charge in [0.25, 0.3) is 0 Å². The van der Waals surface area contributed by atoms with Crippen molar-refractivity contribution < 1.29 is 9.47 Å². The zero-order valence-electron chi connectivity index (χ0n) is 11.1. The third-order valence-electron chi connectivity index (χ3n) is 3.31. The molecule has 0 aromatic heterocycles. The summed E-state index contributed by atoms with van der Waals surface area (Å²) >= 11 is 6.17. The first kappa shape index (κ1) is 14.0. The van der Waals surface area contributed by atoms with Crippen LogP contribution >= 0.6 is 11.6 Å². The molecular formula is C14H17ClN2O2. The molecule has 0 radical (unpaired) electrons. The summed E-state index contributed by atoms with van der Waals surface area (Å²) in [6.45, 7) is 2.03. The Balaban J connectivity index is 2.18. The molecule has 102 valence electrons. The van der Waals surface area contributed by atoms with Crippen molar-refractivity contribution in [1.82, 2.24) is 4.90 Å². The minimum atomic E-state index is 0.149. The number of nitriles is 1. The standard InChI is InChI=1S/C14H17ClN2O2/c1-17-5-3-11(4-6-17)19-14-12(15)7-10(9-16)8-13(14)18-2/h7-8,11H,3-6H2,1-2H3. The lowest BCUT2D eigenvalue weighted by Crippen LogP contribution is -2.35. The fraction of sp³-hybridized carbons (Fsp3) is 0.500. The average Bonchev–Trinajstić information content (AvgIpc) is 2.43. The Morgan fingerprint density at radius 1 is 1.37 bits per heavy atom. The molecule has 5 heteroatoms. The van der Waals surface area contributed by atoms with E-state index in [0.29, 0.717) is 22.1 Å². The molecule has 2 rings (SSSR count). The van der Waals surface area contributed by atoms with Crippen LogP contribution in [0.15, 0.2) is 12.1 Å². The summed E-state index contributed by atoms with van der Waals surface area (Å²) in [5, 5.41) is 9.34. The number of methoxy groups -OCH3 is 1. The third-order valence-corrected chi connectivity index (χ3v) is 3.59. The van der Waals surface area contributed by atoms with Gasteiger partial charge in [-0.05, 0) is 26.0 Å². The van der Waals surface area contributed by atoms with Crippen molar-refractivity contribution in [2.24, 2.45) is 0 Å². The Morgan fingerprint density at radius 3 is 2.63 bits per heavy atom. The molecule has 1 saturated heterocycles. The van der Waals surface area contributed by atoms with Crippen LogP contribution in [0.25, 0.3) is 0 Å². The maximum Gasteiger partial charge on any atom is 0.180 e. The molecular weight excluding hydrogens is 264 g/mol. The summed E-state index contributed by atoms with van der Waals surface area (Å²) in [7, 11) is 3.65. The predicted octanol–water partition coefficient (Wildman–Crippen LogP) is 2.69. The second kappa shape index (κ2) is 6.14. The van der Waals surface area contributed by atoms with E-state index in [1.807, 2.05) is 0 Å². The van der Waals surface area contributed by atoms with Gasteiger partial charge < -0.3 is 14.4 Å². The molecule has 0 spiro atoms. The van der Waals surface area contributed by atoms with Gasteiger partial charge in [0.05, 0.1) is 23.8 Å². The number of ether oxygens (including phenoxy) is 2. The highest BCUT2D eigenvalue weighted by molar-refractivity contribution is 6.32. The number of benzene rings is 1. The molecule has 0 amide bonds. The SMILES string of the molecule is COc1cc(C#N)cc(Cl)c1OC1CCN(C)CC1. The van der Waals surface area contributed by atoms with E-state index in [0.717, 1.165) is 25.9 Å². The highest BCUT2D eigenvalue weighted by Gasteiger charge is 2.21. The van der Waals surface area contributed by atoms with Gasteiger partial charge in [-0.15, -0.1) is 0 Å². The number of halogens is 1. The van der Waals surface area contributed by atoms with Crippen LogP contribution in [0.3, 0.4) is 0 Å². The summed E-state index contributed by atoms with van der Waals surface area (Å²) < 4.78 is 11.2. The van der Waals surface area contributed by atoms with Gasteiger partial charge in [0.2, 0.25) is 0 Å². The van der Waals surface area contributed by atoms with Crippen LogP contribution in [-0.4, -0.2) is 38.3 Å². The molecule has 1 aliphatic heterocycles. The van der Waals surface area contributed by atoms with E-state index in [4.69, 9.17) is 26.3 Å². The van der Waals surface area contributed by atoms with E-state index < -0.39 is 0 Å². The van der Waals surface area contributed by atoms with E-state index in [9.17, 15) is 0 Å². The molecule has 0 saturated carbocycles. The minimum absolute atomic E-state index is 0.149. The van der Waals surface area contributed by atoms with E-state index in [1.54, 1.807) is 19.2 Å². The largest absolute Gasteiger partial charge is 0.493 e. The molecule has 0 bridgehead atoms. The van der Waals surface area contributed by atoms with Crippen molar-refractivity contribution in [2.45, 2.75) is 18.9 Å². The first-order valence-corrected chi connectivity index (χ1v) is 6.64. The predicted molar refractivity (Wildman–Crippen MR) is 73.9 cm³/mol. The second-order valence-electron chi connectivity index (χ2n) is 4.72. The fourth-order valence-electron chi connectivity index (χ4n) is 2.17. The van der Waals surface area contributed by atoms with Crippen LogP contribution in [-0.2, 0) is 0 Å². The van der Waals surface area contributed by atoms with Gasteiger partial charge in [-0.25, -0.2) is 0 Å². The van der Waals surface area contributed by atoms with Crippen molar-refractivity contribution in [3.05, 3.63) is 22.7 Å². The molecule has 0 atom stereocenters. The summed E-state index contributed by atoms with van der Waals surface area (Å²) in [4.78, 5) is 2.28. The number of rotatable bonds is 3. The van der Waals surface area contributed by atoms with Crippen LogP contribution in [0.5, 0.6) is 11.5 Å². The molecule has 1 heterocycles. The van der Waals surface area contributed by atoms with Crippen molar-refractivity contribution in [3.63, 3.8) is 0 Å². The quantitative estimate of drug-likeness (QED) is 0.854. The lowest BCUT2D eigenvalue weighted by molar-refractivity contribution is 0.111. The molecule has 1 aromatic rings. The van der Waals surface area contributed by atoms with Crippen molar-refractivity contribution in [3.8, 4) is 17.6 Å². The van der Waals surface area contributed by atoms with Gasteiger partial charge in [0.1, 0.15) is 6.10 Å². The van der Waals surface area contributed by atoms with Gasteiger partial charge in [0, 0.05) is 19.2 Å². The molecule has 0 N–H and O–H groups in total. The zero-order chi connectivity index (χ0) is 13.8. The summed E-state index contributed by atoms with van der Waals surface area (Å²) in [5.41, 5.74) is 0.470. The molecule has 4 nitrogen and oxygen atoms in total. The summed E-state index contributed by atoms with van der Waals surface area (Å²) in [6, 6.07) is 5.31. The highest BCUT2D eigenvalue weighted by atomic mass is 35.5. The van der Waals surface area contributed by atoms with E-state index in [2.05, 4.69) is 18.0 Å². The monoisotopic (exact) mass is 280 g/mol. The van der Waals surface area contributed by atoms with Gasteiger partial charge in [-0.2, -0.15) is 5.26 Å². The van der Waals surface area contributed by atoms with Crippen LogP contribution in [0.2, 0.25) is 5.02 Å². The fourth-order valence-corrected chi connectivity index (χ4v) is 2.42. The molecule has 0 unspecified atom stereocenters. The first-order chi connectivity index (χ1) is 9.13. The van der Waals surface area contributed by atoms with Crippen LogP contribution < -0.4 is 9.47 Å². The first-order valence-electron chi connectivity index (χ1n) is 6.27. The lowest BCUT2D eigenvalue weighted by Gasteiger charge is -2.30. The van der Waals surface area contributed by atoms with Gasteiger partial charge in [-0.1, -0.05) is 11.6 Å². The smallest absolute Gasteiger partial charge is 0.180 e. The number of likely N-dealkylation sites (tertiary alicyclic amines) is 1. The minimum Gasteiger partial charge on any atom is -0.493 e. The Labute approximate surface area is 118 Å². The second-order valence-corrected chi connectivity index (χ2v) is 5.13. The average molecular weight is 281 g/mol. The lowest BCUT2D eigenvalue weighted by atomic mass is 10.1. The van der Waals surface area contributed by atoms with Crippen LogP contribution in [0.1, 0.15) is 18.4 Å². The summed E-state index contributed by atoms with van der Waals surface area (Å²) in [5.74, 6) is 1.06. The number of hydrogen-bond acceptors (Lipinski definition) is 4. The molecule has 0 aliphatic carbocycles. The Morgan fingerprint density at radius 2 is 2.05 bits per heavy atom. The summed E-state index contributed by atoms with van der Waals surface area (Å²) in [6.07, 6.45) is 2.09. The van der Waals surface area contributed by atoms with E-state index >= 15 is 0 Å². The van der Waals surface area contributed by atoms with E-state index in [-0.39, 0.29) is 6.10 Å². The van der Waals surface area contributed by atoms with Crippen LogP contribution in [0.4, 0.5) is 0 Å². The number of nitrogens with zero attached hydrogens (tertiary/aromatic N) is 2. The van der Waals surface area contributed by atoms with Crippen molar-refractivity contribution >= 4 is 11.6 Å². The van der Waals surface area contributed by atoms with Gasteiger partial charge in [-0.3, -0.25) is 0 Å². The third kappa shape index (κ3) is 3.31. The van der Waals surface area contributed by atoms with Crippen molar-refractivity contribution in [1.29, 1.82) is 5.26 Å². The maximum atomic E-state index is 8.91. The van der Waals surface area contributed by atoms with Gasteiger partial charge in [0.15, 0.2) is 11.5 Å². The van der Waals surface area contributed by atoms with Crippen LogP contribution in [0, 0.1) is 11.3 Å². The number of piperidine rings is 1.